The van der Waals surface area contributed by atoms with Crippen LogP contribution in [0.4, 0.5) is 10.1 Å². The molecule has 1 aliphatic carbocycles. The first-order valence-electron chi connectivity index (χ1n) is 12.8. The molecule has 1 aliphatic heterocycles. The van der Waals surface area contributed by atoms with Crippen molar-refractivity contribution in [3.8, 4) is 6.07 Å². The Labute approximate surface area is 227 Å². The van der Waals surface area contributed by atoms with Crippen LogP contribution in [-0.2, 0) is 10.5 Å². The first kappa shape index (κ1) is 25.8. The summed E-state index contributed by atoms with van der Waals surface area (Å²) in [5.74, 6) is 0.399. The number of carbonyl (C=O) groups excluding carboxylic acids is 1. The number of thioether (sulfide) groups is 1. The standard InChI is InChI=1S/C32H30FN3OS/c1-19-7-11-24(12-8-19)36-28-5-4-6-29(37)31(28)30(27(17-34)32(36)35)26-16-22(20(2)15-21(26)3)18-38-25-13-9-23(33)10-14-25/h7-16,30H,4-6,18,35H2,1-3H3. The molecule has 0 fully saturated rings. The van der Waals surface area contributed by atoms with Gasteiger partial charge in [-0.05, 0) is 92.3 Å². The highest BCUT2D eigenvalue weighted by Gasteiger charge is 2.40. The van der Waals surface area contributed by atoms with Crippen LogP contribution in [0.15, 0.2) is 88.2 Å². The van der Waals surface area contributed by atoms with Gasteiger partial charge in [-0.3, -0.25) is 9.69 Å². The first-order chi connectivity index (χ1) is 18.3. The summed E-state index contributed by atoms with van der Waals surface area (Å²) in [5.41, 5.74) is 14.9. The van der Waals surface area contributed by atoms with E-state index in [-0.39, 0.29) is 11.6 Å². The molecule has 2 N–H and O–H groups in total. The van der Waals surface area contributed by atoms with Crippen molar-refractivity contribution >= 4 is 23.2 Å². The van der Waals surface area contributed by atoms with Gasteiger partial charge < -0.3 is 5.73 Å². The van der Waals surface area contributed by atoms with E-state index < -0.39 is 5.92 Å². The highest BCUT2D eigenvalue weighted by Crippen LogP contribution is 2.47. The molecule has 3 aromatic rings. The Bertz CT molecular complexity index is 1510. The van der Waals surface area contributed by atoms with Crippen LogP contribution >= 0.6 is 11.8 Å². The Kier molecular flexibility index (Phi) is 7.14. The van der Waals surface area contributed by atoms with E-state index in [0.717, 1.165) is 56.9 Å². The van der Waals surface area contributed by atoms with Crippen molar-refractivity contribution in [1.29, 1.82) is 5.26 Å². The van der Waals surface area contributed by atoms with Crippen molar-refractivity contribution in [2.75, 3.05) is 4.90 Å². The fourth-order valence-corrected chi connectivity index (χ4v) is 6.42. The number of nitriles is 1. The van der Waals surface area contributed by atoms with Gasteiger partial charge >= 0.3 is 0 Å². The maximum Gasteiger partial charge on any atom is 0.161 e. The third-order valence-corrected chi connectivity index (χ3v) is 8.51. The summed E-state index contributed by atoms with van der Waals surface area (Å²) < 4.78 is 13.4. The Morgan fingerprint density at radius 3 is 2.42 bits per heavy atom. The molecule has 4 nitrogen and oxygen atoms in total. The van der Waals surface area contributed by atoms with E-state index in [1.165, 1.54) is 12.1 Å². The van der Waals surface area contributed by atoms with Crippen LogP contribution < -0.4 is 10.6 Å². The van der Waals surface area contributed by atoms with Crippen molar-refractivity contribution < 1.29 is 9.18 Å². The summed E-state index contributed by atoms with van der Waals surface area (Å²) in [6.45, 7) is 6.13. The van der Waals surface area contributed by atoms with Gasteiger partial charge in [0.05, 0.1) is 17.6 Å². The minimum Gasteiger partial charge on any atom is -0.384 e. The van der Waals surface area contributed by atoms with E-state index in [9.17, 15) is 14.4 Å². The van der Waals surface area contributed by atoms with Crippen LogP contribution in [0.5, 0.6) is 0 Å². The monoisotopic (exact) mass is 523 g/mol. The lowest BCUT2D eigenvalue weighted by Gasteiger charge is -2.40. The quantitative estimate of drug-likeness (QED) is 0.354. The molecule has 0 radical (unpaired) electrons. The first-order valence-corrected chi connectivity index (χ1v) is 13.8. The number of carbonyl (C=O) groups is 1. The third-order valence-electron chi connectivity index (χ3n) is 7.45. The lowest BCUT2D eigenvalue weighted by molar-refractivity contribution is -0.116. The second-order valence-corrected chi connectivity index (χ2v) is 11.1. The van der Waals surface area contributed by atoms with Crippen LogP contribution in [0, 0.1) is 37.9 Å². The average Bonchev–Trinajstić information content (AvgIpc) is 2.90. The van der Waals surface area contributed by atoms with Crippen LogP contribution in [0.2, 0.25) is 0 Å². The number of allylic oxidation sites excluding steroid dienone is 3. The van der Waals surface area contributed by atoms with Crippen molar-refractivity contribution in [3.63, 3.8) is 0 Å². The number of hydrogen-bond donors (Lipinski definition) is 1. The number of benzene rings is 3. The number of hydrogen-bond acceptors (Lipinski definition) is 5. The number of rotatable bonds is 5. The van der Waals surface area contributed by atoms with Gasteiger partial charge in [0.1, 0.15) is 11.6 Å². The lowest BCUT2D eigenvalue weighted by atomic mass is 9.74. The molecule has 0 aromatic heterocycles. The number of anilines is 1. The summed E-state index contributed by atoms with van der Waals surface area (Å²) in [4.78, 5) is 16.4. The largest absolute Gasteiger partial charge is 0.384 e. The Hall–Kier alpha value is -3.82. The summed E-state index contributed by atoms with van der Waals surface area (Å²) in [5, 5.41) is 10.4. The van der Waals surface area contributed by atoms with Gasteiger partial charge in [0.25, 0.3) is 0 Å². The molecule has 0 bridgehead atoms. The predicted molar refractivity (Wildman–Crippen MR) is 151 cm³/mol. The molecular weight excluding hydrogens is 493 g/mol. The Morgan fingerprint density at radius 1 is 1.03 bits per heavy atom. The zero-order chi connectivity index (χ0) is 27.0. The highest BCUT2D eigenvalue weighted by molar-refractivity contribution is 7.98. The molecule has 1 atom stereocenters. The second kappa shape index (κ2) is 10.5. The van der Waals surface area contributed by atoms with Crippen LogP contribution in [0.3, 0.4) is 0 Å². The van der Waals surface area contributed by atoms with Crippen LogP contribution in [-0.4, -0.2) is 5.78 Å². The maximum absolute atomic E-state index is 13.5. The average molecular weight is 524 g/mol. The number of ketones is 1. The summed E-state index contributed by atoms with van der Waals surface area (Å²) in [6.07, 6.45) is 1.95. The molecule has 0 spiro atoms. The summed E-state index contributed by atoms with van der Waals surface area (Å²) >= 11 is 1.63. The molecule has 2 aliphatic rings. The molecule has 0 saturated carbocycles. The molecule has 1 heterocycles. The number of nitrogens with two attached hydrogens (primary N) is 1. The number of nitrogens with zero attached hydrogens (tertiary/aromatic N) is 2. The van der Waals surface area contributed by atoms with E-state index in [2.05, 4.69) is 25.1 Å². The van der Waals surface area contributed by atoms with Gasteiger partial charge in [-0.2, -0.15) is 5.26 Å². The van der Waals surface area contributed by atoms with Crippen molar-refractivity contribution in [3.05, 3.63) is 117 Å². The van der Waals surface area contributed by atoms with Gasteiger partial charge in [0.2, 0.25) is 0 Å². The summed E-state index contributed by atoms with van der Waals surface area (Å²) in [6, 6.07) is 21.1. The van der Waals surface area contributed by atoms with Gasteiger partial charge in [-0.1, -0.05) is 29.8 Å². The van der Waals surface area contributed by atoms with E-state index in [1.54, 1.807) is 23.9 Å². The molecule has 38 heavy (non-hydrogen) atoms. The predicted octanol–water partition coefficient (Wildman–Crippen LogP) is 7.35. The van der Waals surface area contributed by atoms with E-state index in [0.29, 0.717) is 29.1 Å². The van der Waals surface area contributed by atoms with Crippen molar-refractivity contribution in [2.45, 2.75) is 56.6 Å². The third kappa shape index (κ3) is 4.75. The topological polar surface area (TPSA) is 70.1 Å². The molecule has 0 saturated heterocycles. The number of Topliss-reactive ketones (excluding diaryl/α,β-unsaturated/α-hetero) is 1. The van der Waals surface area contributed by atoms with Gasteiger partial charge in [-0.25, -0.2) is 4.39 Å². The van der Waals surface area contributed by atoms with Gasteiger partial charge in [-0.15, -0.1) is 11.8 Å². The minimum atomic E-state index is -0.500. The lowest BCUT2D eigenvalue weighted by Crippen LogP contribution is -2.38. The molecule has 3 aromatic carbocycles. The fourth-order valence-electron chi connectivity index (χ4n) is 5.46. The summed E-state index contributed by atoms with van der Waals surface area (Å²) in [7, 11) is 0. The van der Waals surface area contributed by atoms with E-state index >= 15 is 0 Å². The Morgan fingerprint density at radius 2 is 1.74 bits per heavy atom. The molecule has 192 valence electrons. The number of halogens is 1. The van der Waals surface area contributed by atoms with Crippen molar-refractivity contribution in [2.24, 2.45) is 5.73 Å². The van der Waals surface area contributed by atoms with Crippen LogP contribution in [0.25, 0.3) is 0 Å². The fraction of sp³-hybridized carbons (Fsp3) is 0.250. The highest BCUT2D eigenvalue weighted by atomic mass is 32.2. The van der Waals surface area contributed by atoms with Crippen LogP contribution in [0.1, 0.15) is 53.0 Å². The normalized spacial score (nSPS) is 17.5. The van der Waals surface area contributed by atoms with E-state index in [1.807, 2.05) is 43.0 Å². The zero-order valence-corrected chi connectivity index (χ0v) is 22.7. The minimum absolute atomic E-state index is 0.0795. The smallest absolute Gasteiger partial charge is 0.161 e. The Balaban J connectivity index is 1.61. The molecule has 5 rings (SSSR count). The van der Waals surface area contributed by atoms with E-state index in [4.69, 9.17) is 5.73 Å². The van der Waals surface area contributed by atoms with Gasteiger partial charge in [0.15, 0.2) is 5.78 Å². The molecule has 1 unspecified atom stereocenters. The van der Waals surface area contributed by atoms with Gasteiger partial charge in [0, 0.05) is 34.0 Å². The molecule has 0 amide bonds. The number of aryl methyl sites for hydroxylation is 3. The zero-order valence-electron chi connectivity index (χ0n) is 21.8. The SMILES string of the molecule is Cc1ccc(N2C(N)=C(C#N)C(c3cc(CSc4ccc(F)cc4)c(C)cc3C)C3=C2CCCC3=O)cc1. The second-order valence-electron chi connectivity index (χ2n) is 10.0. The van der Waals surface area contributed by atoms with Crippen molar-refractivity contribution in [1.82, 2.24) is 0 Å². The molecular formula is C32H30FN3OS. The maximum atomic E-state index is 13.5. The molecule has 6 heteroatoms.